The molecule has 0 amide bonds. The van der Waals surface area contributed by atoms with Crippen molar-refractivity contribution in [1.82, 2.24) is 0 Å². The van der Waals surface area contributed by atoms with Crippen LogP contribution < -0.4 is 4.74 Å². The third kappa shape index (κ3) is 1.61. The zero-order chi connectivity index (χ0) is 10.1. The quantitative estimate of drug-likeness (QED) is 0.738. The lowest BCUT2D eigenvalue weighted by molar-refractivity contribution is -0.143. The van der Waals surface area contributed by atoms with Crippen LogP contribution in [0.25, 0.3) is 0 Å². The van der Waals surface area contributed by atoms with E-state index in [2.05, 4.69) is 0 Å². The molecular weight excluding hydrogens is 180 g/mol. The molecule has 2 atom stereocenters. The molecule has 1 aliphatic heterocycles. The van der Waals surface area contributed by atoms with Crippen molar-refractivity contribution in [3.05, 3.63) is 29.3 Å². The van der Waals surface area contributed by atoms with Gasteiger partial charge in [-0.15, -0.1) is 0 Å². The van der Waals surface area contributed by atoms with E-state index in [1.54, 1.807) is 7.11 Å². The maximum Gasteiger partial charge on any atom is 0.181 e. The molecule has 14 heavy (non-hydrogen) atoms. The summed E-state index contributed by atoms with van der Waals surface area (Å²) in [5.41, 5.74) is 1.96. The molecule has 0 aromatic heterocycles. The fraction of sp³-hybridized carbons (Fsp3) is 0.455. The third-order valence-corrected chi connectivity index (χ3v) is 2.48. The first-order valence-corrected chi connectivity index (χ1v) is 4.71. The van der Waals surface area contributed by atoms with E-state index < -0.39 is 6.29 Å². The van der Waals surface area contributed by atoms with Gasteiger partial charge in [0.15, 0.2) is 6.29 Å². The Kier molecular flexibility index (Phi) is 2.44. The number of hydrogen-bond acceptors (Lipinski definition) is 3. The highest BCUT2D eigenvalue weighted by atomic mass is 16.6. The maximum absolute atomic E-state index is 9.63. The lowest BCUT2D eigenvalue weighted by Crippen LogP contribution is -2.23. The molecule has 1 heterocycles. The topological polar surface area (TPSA) is 38.7 Å². The average Bonchev–Trinajstić information content (AvgIpc) is 2.16. The number of aliphatic hydroxyl groups is 1. The lowest BCUT2D eigenvalue weighted by Gasteiger charge is -2.27. The van der Waals surface area contributed by atoms with Gasteiger partial charge in [0.2, 0.25) is 0 Å². The Hall–Kier alpha value is -1.06. The summed E-state index contributed by atoms with van der Waals surface area (Å²) >= 11 is 0. The minimum Gasteiger partial charge on any atom is -0.497 e. The van der Waals surface area contributed by atoms with Crippen LogP contribution in [0.3, 0.4) is 0 Å². The van der Waals surface area contributed by atoms with E-state index in [-0.39, 0.29) is 6.10 Å². The second kappa shape index (κ2) is 3.59. The van der Waals surface area contributed by atoms with E-state index in [0.29, 0.717) is 0 Å². The summed E-state index contributed by atoms with van der Waals surface area (Å²) in [5, 5.41) is 9.63. The molecule has 1 N–H and O–H groups in total. The molecule has 3 nitrogen and oxygen atoms in total. The van der Waals surface area contributed by atoms with Gasteiger partial charge in [-0.05, 0) is 31.0 Å². The zero-order valence-corrected chi connectivity index (χ0v) is 8.36. The Morgan fingerprint density at radius 3 is 3.00 bits per heavy atom. The van der Waals surface area contributed by atoms with Crippen LogP contribution >= 0.6 is 0 Å². The first kappa shape index (κ1) is 9.49. The number of aliphatic hydroxyl groups excluding tert-OH is 1. The minimum absolute atomic E-state index is 0.0598. The SMILES string of the molecule is COc1ccc2c(c1)CC(C)OC2O. The monoisotopic (exact) mass is 194 g/mol. The van der Waals surface area contributed by atoms with E-state index in [1.807, 2.05) is 25.1 Å². The molecule has 0 saturated carbocycles. The summed E-state index contributed by atoms with van der Waals surface area (Å²) in [5.74, 6) is 0.824. The predicted octanol–water partition coefficient (Wildman–Crippen LogP) is 1.65. The Balaban J connectivity index is 2.39. The number of rotatable bonds is 1. The highest BCUT2D eigenvalue weighted by molar-refractivity contribution is 5.37. The molecule has 1 aromatic rings. The summed E-state index contributed by atoms with van der Waals surface area (Å²) in [6.45, 7) is 1.95. The Morgan fingerprint density at radius 2 is 2.29 bits per heavy atom. The average molecular weight is 194 g/mol. The van der Waals surface area contributed by atoms with Crippen LogP contribution in [0, 0.1) is 0 Å². The lowest BCUT2D eigenvalue weighted by atomic mass is 9.98. The summed E-state index contributed by atoms with van der Waals surface area (Å²) < 4.78 is 10.4. The van der Waals surface area contributed by atoms with Gasteiger partial charge in [0, 0.05) is 5.56 Å². The van der Waals surface area contributed by atoms with E-state index in [0.717, 1.165) is 23.3 Å². The molecule has 1 aliphatic rings. The highest BCUT2D eigenvalue weighted by Gasteiger charge is 2.23. The van der Waals surface area contributed by atoms with Crippen LogP contribution in [-0.4, -0.2) is 18.3 Å². The molecule has 0 radical (unpaired) electrons. The molecule has 0 fully saturated rings. The Morgan fingerprint density at radius 1 is 1.50 bits per heavy atom. The third-order valence-electron chi connectivity index (χ3n) is 2.48. The first-order valence-electron chi connectivity index (χ1n) is 4.71. The van der Waals surface area contributed by atoms with E-state index in [1.165, 1.54) is 0 Å². The number of hydrogen-bond donors (Lipinski definition) is 1. The molecule has 1 aromatic carbocycles. The second-order valence-corrected chi connectivity index (χ2v) is 3.57. The highest BCUT2D eigenvalue weighted by Crippen LogP contribution is 2.30. The normalized spacial score (nSPS) is 25.6. The number of ether oxygens (including phenoxy) is 2. The van der Waals surface area contributed by atoms with E-state index >= 15 is 0 Å². The fourth-order valence-electron chi connectivity index (χ4n) is 1.78. The van der Waals surface area contributed by atoms with Crippen molar-refractivity contribution in [2.75, 3.05) is 7.11 Å². The first-order chi connectivity index (χ1) is 6.70. The van der Waals surface area contributed by atoms with Crippen LogP contribution in [0.1, 0.15) is 24.3 Å². The van der Waals surface area contributed by atoms with Crippen LogP contribution in [-0.2, 0) is 11.2 Å². The van der Waals surface area contributed by atoms with E-state index in [9.17, 15) is 5.11 Å². The summed E-state index contributed by atoms with van der Waals surface area (Å²) in [6.07, 6.45) is 0.0908. The maximum atomic E-state index is 9.63. The molecule has 3 heteroatoms. The molecule has 0 aliphatic carbocycles. The minimum atomic E-state index is -0.792. The van der Waals surface area contributed by atoms with Gasteiger partial charge in [0.05, 0.1) is 13.2 Å². The molecule has 0 spiro atoms. The van der Waals surface area contributed by atoms with Crippen molar-refractivity contribution < 1.29 is 14.6 Å². The Bertz CT molecular complexity index is 335. The van der Waals surface area contributed by atoms with Gasteiger partial charge in [0.1, 0.15) is 5.75 Å². The van der Waals surface area contributed by atoms with Crippen LogP contribution in [0.2, 0.25) is 0 Å². The van der Waals surface area contributed by atoms with Crippen molar-refractivity contribution in [2.24, 2.45) is 0 Å². The van der Waals surface area contributed by atoms with Crippen molar-refractivity contribution in [3.8, 4) is 5.75 Å². The molecule has 2 unspecified atom stereocenters. The van der Waals surface area contributed by atoms with Gasteiger partial charge >= 0.3 is 0 Å². The van der Waals surface area contributed by atoms with Crippen molar-refractivity contribution >= 4 is 0 Å². The Labute approximate surface area is 83.3 Å². The van der Waals surface area contributed by atoms with E-state index in [4.69, 9.17) is 9.47 Å². The zero-order valence-electron chi connectivity index (χ0n) is 8.36. The summed E-state index contributed by atoms with van der Waals surface area (Å²) in [6, 6.07) is 5.64. The van der Waals surface area contributed by atoms with Gasteiger partial charge in [-0.2, -0.15) is 0 Å². The van der Waals surface area contributed by atoms with Crippen LogP contribution in [0.15, 0.2) is 18.2 Å². The summed E-state index contributed by atoms with van der Waals surface area (Å²) in [7, 11) is 1.64. The summed E-state index contributed by atoms with van der Waals surface area (Å²) in [4.78, 5) is 0. The largest absolute Gasteiger partial charge is 0.497 e. The molecule has 0 bridgehead atoms. The van der Waals surface area contributed by atoms with Crippen LogP contribution in [0.4, 0.5) is 0 Å². The van der Waals surface area contributed by atoms with Crippen molar-refractivity contribution in [3.63, 3.8) is 0 Å². The smallest absolute Gasteiger partial charge is 0.181 e. The van der Waals surface area contributed by atoms with Gasteiger partial charge in [0.25, 0.3) is 0 Å². The van der Waals surface area contributed by atoms with Crippen molar-refractivity contribution in [1.29, 1.82) is 0 Å². The van der Waals surface area contributed by atoms with Gasteiger partial charge in [-0.25, -0.2) is 0 Å². The molecular formula is C11H14O3. The number of methoxy groups -OCH3 is 1. The van der Waals surface area contributed by atoms with Gasteiger partial charge in [-0.1, -0.05) is 6.07 Å². The molecule has 2 rings (SSSR count). The molecule has 0 saturated heterocycles. The second-order valence-electron chi connectivity index (χ2n) is 3.57. The van der Waals surface area contributed by atoms with Gasteiger partial charge < -0.3 is 14.6 Å². The predicted molar refractivity (Wildman–Crippen MR) is 52.2 cm³/mol. The number of benzene rings is 1. The standard InChI is InChI=1S/C11H14O3/c1-7-5-8-6-9(13-2)3-4-10(8)11(12)14-7/h3-4,6-7,11-12H,5H2,1-2H3. The van der Waals surface area contributed by atoms with Gasteiger partial charge in [-0.3, -0.25) is 0 Å². The van der Waals surface area contributed by atoms with Crippen molar-refractivity contribution in [2.45, 2.75) is 25.7 Å². The number of fused-ring (bicyclic) bond motifs is 1. The fourth-order valence-corrected chi connectivity index (χ4v) is 1.78. The van der Waals surface area contributed by atoms with Crippen LogP contribution in [0.5, 0.6) is 5.75 Å². The molecule has 76 valence electrons.